The number of ketones is 1. The highest BCUT2D eigenvalue weighted by molar-refractivity contribution is 9.10. The molecule has 0 bridgehead atoms. The number of carbonyl (C=O) groups excluding carboxylic acids is 2. The molecule has 0 aromatic heterocycles. The van der Waals surface area contributed by atoms with Gasteiger partial charge in [-0.2, -0.15) is 0 Å². The number of nitrogens with one attached hydrogen (secondary N) is 1. The van der Waals surface area contributed by atoms with E-state index < -0.39 is 0 Å². The Morgan fingerprint density at radius 1 is 1.00 bits per heavy atom. The Morgan fingerprint density at radius 2 is 1.75 bits per heavy atom. The SMILES string of the molecule is CCOc1ccc(C(=O)Nc2ccc(Cl)cc2C(=O)c2ccccc2)cc1Br. The van der Waals surface area contributed by atoms with Crippen LogP contribution >= 0.6 is 27.5 Å². The van der Waals surface area contributed by atoms with Gasteiger partial charge in [-0.15, -0.1) is 0 Å². The Morgan fingerprint density at radius 3 is 2.43 bits per heavy atom. The molecule has 0 aliphatic rings. The summed E-state index contributed by atoms with van der Waals surface area (Å²) in [5.74, 6) is 0.102. The van der Waals surface area contributed by atoms with Crippen LogP contribution < -0.4 is 10.1 Å². The first-order valence-corrected chi connectivity index (χ1v) is 9.79. The van der Waals surface area contributed by atoms with E-state index in [4.69, 9.17) is 16.3 Å². The predicted molar refractivity (Wildman–Crippen MR) is 115 cm³/mol. The van der Waals surface area contributed by atoms with Crippen LogP contribution in [0.4, 0.5) is 5.69 Å². The van der Waals surface area contributed by atoms with Crippen molar-refractivity contribution >= 4 is 44.9 Å². The molecule has 142 valence electrons. The zero-order chi connectivity index (χ0) is 20.1. The smallest absolute Gasteiger partial charge is 0.255 e. The van der Waals surface area contributed by atoms with E-state index >= 15 is 0 Å². The third-order valence-corrected chi connectivity index (χ3v) is 4.86. The van der Waals surface area contributed by atoms with Crippen molar-refractivity contribution in [1.82, 2.24) is 0 Å². The number of amides is 1. The Kier molecular flexibility index (Phi) is 6.49. The van der Waals surface area contributed by atoms with Crippen LogP contribution in [-0.2, 0) is 0 Å². The third kappa shape index (κ3) is 4.61. The van der Waals surface area contributed by atoms with Crippen molar-refractivity contribution in [3.8, 4) is 5.75 Å². The molecule has 4 nitrogen and oxygen atoms in total. The number of benzene rings is 3. The maximum atomic E-state index is 12.9. The second kappa shape index (κ2) is 9.04. The lowest BCUT2D eigenvalue weighted by Gasteiger charge is -2.12. The van der Waals surface area contributed by atoms with E-state index in [2.05, 4.69) is 21.2 Å². The number of anilines is 1. The number of hydrogen-bond acceptors (Lipinski definition) is 3. The molecule has 0 aliphatic carbocycles. The van der Waals surface area contributed by atoms with Crippen molar-refractivity contribution < 1.29 is 14.3 Å². The van der Waals surface area contributed by atoms with Gasteiger partial charge >= 0.3 is 0 Å². The largest absolute Gasteiger partial charge is 0.493 e. The molecule has 0 fully saturated rings. The summed E-state index contributed by atoms with van der Waals surface area (Å²) in [6.07, 6.45) is 0. The number of hydrogen-bond donors (Lipinski definition) is 1. The predicted octanol–water partition coefficient (Wildman–Crippen LogP) is 5.98. The molecule has 3 aromatic carbocycles. The van der Waals surface area contributed by atoms with E-state index in [0.717, 1.165) is 0 Å². The van der Waals surface area contributed by atoms with Crippen molar-refractivity contribution in [2.24, 2.45) is 0 Å². The molecule has 0 saturated heterocycles. The molecule has 3 aromatic rings. The van der Waals surface area contributed by atoms with Crippen LogP contribution in [0.25, 0.3) is 0 Å². The van der Waals surface area contributed by atoms with E-state index in [1.54, 1.807) is 60.7 Å². The van der Waals surface area contributed by atoms with E-state index in [9.17, 15) is 9.59 Å². The van der Waals surface area contributed by atoms with E-state index in [-0.39, 0.29) is 11.7 Å². The molecule has 1 N–H and O–H groups in total. The minimum absolute atomic E-state index is 0.216. The molecule has 0 heterocycles. The maximum absolute atomic E-state index is 12.9. The van der Waals surface area contributed by atoms with Crippen molar-refractivity contribution in [3.63, 3.8) is 0 Å². The second-order valence-corrected chi connectivity index (χ2v) is 7.21. The van der Waals surface area contributed by atoms with Gasteiger partial charge in [0.2, 0.25) is 0 Å². The van der Waals surface area contributed by atoms with E-state index in [1.807, 2.05) is 13.0 Å². The van der Waals surface area contributed by atoms with Crippen LogP contribution in [0.1, 0.15) is 33.2 Å². The van der Waals surface area contributed by atoms with Gasteiger partial charge in [-0.3, -0.25) is 9.59 Å². The number of rotatable bonds is 6. The average molecular weight is 459 g/mol. The Bertz CT molecular complexity index is 1020. The first kappa shape index (κ1) is 20.1. The summed E-state index contributed by atoms with van der Waals surface area (Å²) in [6.45, 7) is 2.42. The molecular formula is C22H17BrClNO3. The topological polar surface area (TPSA) is 55.4 Å². The maximum Gasteiger partial charge on any atom is 0.255 e. The summed E-state index contributed by atoms with van der Waals surface area (Å²) in [5.41, 5.74) is 1.68. The van der Waals surface area contributed by atoms with Gasteiger partial charge in [0.05, 0.1) is 16.8 Å². The molecule has 6 heteroatoms. The highest BCUT2D eigenvalue weighted by atomic mass is 79.9. The first-order valence-electron chi connectivity index (χ1n) is 8.62. The van der Waals surface area contributed by atoms with Crippen LogP contribution in [0.2, 0.25) is 5.02 Å². The highest BCUT2D eigenvalue weighted by Gasteiger charge is 2.17. The number of ether oxygens (including phenoxy) is 1. The molecule has 3 rings (SSSR count). The number of carbonyl (C=O) groups is 2. The summed E-state index contributed by atoms with van der Waals surface area (Å²) in [7, 11) is 0. The van der Waals surface area contributed by atoms with Crippen molar-refractivity contribution in [3.05, 3.63) is 92.9 Å². The van der Waals surface area contributed by atoms with E-state index in [1.165, 1.54) is 0 Å². The van der Waals surface area contributed by atoms with Crippen molar-refractivity contribution in [1.29, 1.82) is 0 Å². The average Bonchev–Trinajstić information content (AvgIpc) is 2.71. The normalized spacial score (nSPS) is 10.4. The zero-order valence-corrected chi connectivity index (χ0v) is 17.4. The molecule has 0 saturated carbocycles. The zero-order valence-electron chi connectivity index (χ0n) is 15.0. The number of halogens is 2. The highest BCUT2D eigenvalue weighted by Crippen LogP contribution is 2.28. The Labute approximate surface area is 176 Å². The van der Waals surface area contributed by atoms with Crippen LogP contribution in [-0.4, -0.2) is 18.3 Å². The second-order valence-electron chi connectivity index (χ2n) is 5.92. The van der Waals surface area contributed by atoms with E-state index in [0.29, 0.717) is 44.2 Å². The van der Waals surface area contributed by atoms with Crippen LogP contribution in [0.3, 0.4) is 0 Å². The lowest BCUT2D eigenvalue weighted by molar-refractivity contribution is 0.102. The van der Waals surface area contributed by atoms with Gasteiger partial charge in [0.25, 0.3) is 5.91 Å². The molecule has 28 heavy (non-hydrogen) atoms. The lowest BCUT2D eigenvalue weighted by Crippen LogP contribution is -2.15. The molecule has 1 amide bonds. The van der Waals surface area contributed by atoms with Crippen LogP contribution in [0.5, 0.6) is 5.75 Å². The van der Waals surface area contributed by atoms with Crippen molar-refractivity contribution in [2.45, 2.75) is 6.92 Å². The fraction of sp³-hybridized carbons (Fsp3) is 0.0909. The van der Waals surface area contributed by atoms with Gasteiger partial charge in [0, 0.05) is 21.7 Å². The molecule has 0 spiro atoms. The van der Waals surface area contributed by atoms with Gasteiger partial charge in [-0.1, -0.05) is 41.9 Å². The fourth-order valence-electron chi connectivity index (χ4n) is 2.67. The summed E-state index contributed by atoms with van der Waals surface area (Å²) >= 11 is 9.49. The lowest BCUT2D eigenvalue weighted by atomic mass is 10.0. The molecule has 0 aliphatic heterocycles. The summed E-state index contributed by atoms with van der Waals surface area (Å²) in [4.78, 5) is 25.6. The van der Waals surface area contributed by atoms with Gasteiger partial charge < -0.3 is 10.1 Å². The fourth-order valence-corrected chi connectivity index (χ4v) is 3.33. The minimum Gasteiger partial charge on any atom is -0.493 e. The molecule has 0 radical (unpaired) electrons. The molecular weight excluding hydrogens is 442 g/mol. The van der Waals surface area contributed by atoms with Crippen molar-refractivity contribution in [2.75, 3.05) is 11.9 Å². The summed E-state index contributed by atoms with van der Waals surface area (Å²) in [6, 6.07) is 18.7. The Balaban J connectivity index is 1.89. The van der Waals surface area contributed by atoms with Gasteiger partial charge in [0.1, 0.15) is 5.75 Å². The molecule has 0 unspecified atom stereocenters. The molecule has 0 atom stereocenters. The standard InChI is InChI=1S/C22H17BrClNO3/c1-2-28-20-11-8-15(12-18(20)23)22(27)25-19-10-9-16(24)13-17(19)21(26)14-6-4-3-5-7-14/h3-13H,2H2,1H3,(H,25,27). The third-order valence-electron chi connectivity index (χ3n) is 4.00. The quantitative estimate of drug-likeness (QED) is 0.462. The summed E-state index contributed by atoms with van der Waals surface area (Å²) < 4.78 is 6.14. The van der Waals surface area contributed by atoms with Crippen LogP contribution in [0.15, 0.2) is 71.2 Å². The summed E-state index contributed by atoms with van der Waals surface area (Å²) in [5, 5.41) is 3.22. The van der Waals surface area contributed by atoms with Gasteiger partial charge in [-0.25, -0.2) is 0 Å². The Hall–Kier alpha value is -2.63. The monoisotopic (exact) mass is 457 g/mol. The minimum atomic E-state index is -0.340. The first-order chi connectivity index (χ1) is 13.5. The van der Waals surface area contributed by atoms with Crippen LogP contribution in [0, 0.1) is 0 Å². The van der Waals surface area contributed by atoms with Gasteiger partial charge in [0.15, 0.2) is 5.78 Å². The van der Waals surface area contributed by atoms with Gasteiger partial charge in [-0.05, 0) is 59.3 Å².